The van der Waals surface area contributed by atoms with Crippen LogP contribution in [0.15, 0.2) is 34.8 Å². The predicted molar refractivity (Wildman–Crippen MR) is 63.1 cm³/mol. The number of rotatable bonds is 1. The summed E-state index contributed by atoms with van der Waals surface area (Å²) in [5.74, 6) is -1.62. The summed E-state index contributed by atoms with van der Waals surface area (Å²) < 4.78 is 0.864. The van der Waals surface area contributed by atoms with E-state index in [4.69, 9.17) is 0 Å². The molecular formula is C10H5BrNNaO3-. The Bertz CT molecular complexity index is 469. The van der Waals surface area contributed by atoms with Gasteiger partial charge in [0.1, 0.15) is 0 Å². The zero-order chi connectivity index (χ0) is 11.0. The van der Waals surface area contributed by atoms with E-state index in [9.17, 15) is 14.8 Å². The van der Waals surface area contributed by atoms with E-state index in [0.29, 0.717) is 5.56 Å². The van der Waals surface area contributed by atoms with Gasteiger partial charge in [-0.1, -0.05) is 28.1 Å². The summed E-state index contributed by atoms with van der Waals surface area (Å²) in [4.78, 5) is 22.3. The number of hydrogen-bond acceptors (Lipinski definition) is 3. The molecule has 2 amide bonds. The molecule has 0 aromatic heterocycles. The molecule has 0 saturated carbocycles. The maximum atomic E-state index is 11.3. The van der Waals surface area contributed by atoms with Crippen LogP contribution in [0, 0.1) is 5.21 Å². The molecule has 77 valence electrons. The molecule has 0 fully saturated rings. The molecule has 0 aliphatic carbocycles. The van der Waals surface area contributed by atoms with Crippen molar-refractivity contribution in [3.63, 3.8) is 0 Å². The normalized spacial score (nSPS) is 14.9. The molecule has 1 aliphatic rings. The van der Waals surface area contributed by atoms with Crippen molar-refractivity contribution in [2.45, 2.75) is 0 Å². The van der Waals surface area contributed by atoms with Crippen molar-refractivity contribution in [3.05, 3.63) is 45.6 Å². The van der Waals surface area contributed by atoms with Crippen molar-refractivity contribution in [2.24, 2.45) is 0 Å². The van der Waals surface area contributed by atoms with E-state index in [1.165, 1.54) is 0 Å². The predicted octanol–water partition coefficient (Wildman–Crippen LogP) is 1.32. The van der Waals surface area contributed by atoms with Crippen LogP contribution in [0.4, 0.5) is 0 Å². The van der Waals surface area contributed by atoms with E-state index in [0.717, 1.165) is 10.5 Å². The first-order valence-electron chi connectivity index (χ1n) is 4.13. The first-order valence-corrected chi connectivity index (χ1v) is 4.92. The molecule has 1 radical (unpaired) electrons. The Morgan fingerprint density at radius 1 is 1.12 bits per heavy atom. The number of carbonyl (C=O) groups is 2. The monoisotopic (exact) mass is 289 g/mol. The fourth-order valence-electron chi connectivity index (χ4n) is 1.29. The van der Waals surface area contributed by atoms with E-state index < -0.39 is 11.8 Å². The van der Waals surface area contributed by atoms with Crippen LogP contribution in [-0.4, -0.2) is 46.4 Å². The molecule has 16 heavy (non-hydrogen) atoms. The molecule has 0 N–H and O–H groups in total. The number of carbonyl (C=O) groups excluding carboxylic acids is 2. The molecule has 0 saturated heterocycles. The number of amides is 2. The summed E-state index contributed by atoms with van der Waals surface area (Å²) in [5.41, 5.74) is 0.706. The molecule has 0 unspecified atom stereocenters. The summed E-state index contributed by atoms with van der Waals surface area (Å²) in [6.07, 6.45) is 1.05. The Kier molecular flexibility index (Phi) is 4.46. The first-order chi connectivity index (χ1) is 7.09. The third-order valence-corrected chi connectivity index (χ3v) is 2.57. The van der Waals surface area contributed by atoms with Crippen LogP contribution in [0.25, 0.3) is 5.57 Å². The fourth-order valence-corrected chi connectivity index (χ4v) is 1.55. The summed E-state index contributed by atoms with van der Waals surface area (Å²) in [5, 5.41) is 10.8. The number of imide groups is 1. The van der Waals surface area contributed by atoms with Crippen molar-refractivity contribution in [3.8, 4) is 0 Å². The average molecular weight is 290 g/mol. The summed E-state index contributed by atoms with van der Waals surface area (Å²) in [6.45, 7) is 0. The number of hydrogen-bond donors (Lipinski definition) is 0. The maximum Gasteiger partial charge on any atom is 0.250 e. The Hall–Kier alpha value is -0.460. The molecule has 4 nitrogen and oxygen atoms in total. The van der Waals surface area contributed by atoms with Gasteiger partial charge in [-0.15, -0.1) is 0 Å². The Balaban J connectivity index is 0.00000128. The van der Waals surface area contributed by atoms with Crippen LogP contribution in [-0.2, 0) is 9.59 Å². The first kappa shape index (κ1) is 13.6. The zero-order valence-electron chi connectivity index (χ0n) is 8.44. The molecule has 0 bridgehead atoms. The van der Waals surface area contributed by atoms with Gasteiger partial charge in [0.25, 0.3) is 5.91 Å². The number of hydroxylamine groups is 2. The Morgan fingerprint density at radius 3 is 2.12 bits per heavy atom. The van der Waals surface area contributed by atoms with Crippen LogP contribution in [0.2, 0.25) is 0 Å². The second kappa shape index (κ2) is 5.25. The topological polar surface area (TPSA) is 60.4 Å². The van der Waals surface area contributed by atoms with Gasteiger partial charge < -0.3 is 10.3 Å². The average Bonchev–Trinajstić information content (AvgIpc) is 2.47. The van der Waals surface area contributed by atoms with Crippen molar-refractivity contribution in [1.82, 2.24) is 5.06 Å². The third-order valence-electron chi connectivity index (χ3n) is 2.04. The Labute approximate surface area is 122 Å². The number of nitrogens with zero attached hydrogens (tertiary/aromatic N) is 1. The van der Waals surface area contributed by atoms with Gasteiger partial charge in [0.05, 0.1) is 5.57 Å². The van der Waals surface area contributed by atoms with Crippen LogP contribution in [0.1, 0.15) is 5.56 Å². The second-order valence-electron chi connectivity index (χ2n) is 3.00. The van der Waals surface area contributed by atoms with Crippen molar-refractivity contribution in [2.75, 3.05) is 0 Å². The molecule has 0 spiro atoms. The van der Waals surface area contributed by atoms with Crippen LogP contribution < -0.4 is 0 Å². The molecule has 2 rings (SSSR count). The largest absolute Gasteiger partial charge is 0.749 e. The van der Waals surface area contributed by atoms with E-state index in [1.807, 2.05) is 0 Å². The standard InChI is InChI=1S/C10H5BrNO3.Na/c11-7-3-1-6(2-4-7)8-5-9(13)12(15)10(8)14;/h1-5H;/q-1;. The van der Waals surface area contributed by atoms with Crippen LogP contribution in [0.5, 0.6) is 0 Å². The van der Waals surface area contributed by atoms with Gasteiger partial charge >= 0.3 is 0 Å². The molecule has 1 aliphatic heterocycles. The summed E-state index contributed by atoms with van der Waals surface area (Å²) in [6, 6.07) is 6.81. The van der Waals surface area contributed by atoms with Gasteiger partial charge in [-0.3, -0.25) is 9.59 Å². The van der Waals surface area contributed by atoms with Gasteiger partial charge in [0.15, 0.2) is 0 Å². The van der Waals surface area contributed by atoms with Crippen LogP contribution >= 0.6 is 15.9 Å². The zero-order valence-corrected chi connectivity index (χ0v) is 12.0. The molecule has 1 heterocycles. The summed E-state index contributed by atoms with van der Waals surface area (Å²) in [7, 11) is 0. The number of halogens is 1. The SMILES string of the molecule is O=C1C=C(c2ccc(Br)cc2)C(=O)N1[O-].[Na]. The smallest absolute Gasteiger partial charge is 0.250 e. The molecule has 1 aromatic carbocycles. The molecular weight excluding hydrogens is 285 g/mol. The van der Waals surface area contributed by atoms with Crippen molar-refractivity contribution in [1.29, 1.82) is 0 Å². The van der Waals surface area contributed by atoms with Gasteiger partial charge in [0.2, 0.25) is 5.91 Å². The quantitative estimate of drug-likeness (QED) is 0.579. The van der Waals surface area contributed by atoms with Gasteiger partial charge in [-0.25, -0.2) is 0 Å². The minimum absolute atomic E-state index is 0. The van der Waals surface area contributed by atoms with Gasteiger partial charge in [0, 0.05) is 40.1 Å². The van der Waals surface area contributed by atoms with Crippen LogP contribution in [0.3, 0.4) is 0 Å². The van der Waals surface area contributed by atoms with E-state index in [2.05, 4.69) is 15.9 Å². The maximum absolute atomic E-state index is 11.3. The third kappa shape index (κ3) is 2.44. The number of benzene rings is 1. The van der Waals surface area contributed by atoms with Crippen molar-refractivity contribution >= 4 is 62.9 Å². The van der Waals surface area contributed by atoms with E-state index in [1.54, 1.807) is 24.3 Å². The fraction of sp³-hybridized carbons (Fsp3) is 0. The Morgan fingerprint density at radius 2 is 1.69 bits per heavy atom. The minimum atomic E-state index is -0.821. The van der Waals surface area contributed by atoms with Gasteiger partial charge in [-0.2, -0.15) is 0 Å². The summed E-state index contributed by atoms with van der Waals surface area (Å²) >= 11 is 3.25. The molecule has 0 atom stereocenters. The molecule has 6 heteroatoms. The minimum Gasteiger partial charge on any atom is -0.749 e. The second-order valence-corrected chi connectivity index (χ2v) is 3.92. The van der Waals surface area contributed by atoms with E-state index >= 15 is 0 Å². The van der Waals surface area contributed by atoms with Gasteiger partial charge in [-0.05, 0) is 17.7 Å². The van der Waals surface area contributed by atoms with Crippen molar-refractivity contribution < 1.29 is 9.59 Å². The molecule has 1 aromatic rings. The van der Waals surface area contributed by atoms with E-state index in [-0.39, 0.29) is 40.2 Å².